The first-order chi connectivity index (χ1) is 8.77. The number of thioether (sulfide) groups is 1. The Balaban J connectivity index is 0.00000324. The summed E-state index contributed by atoms with van der Waals surface area (Å²) in [5.74, 6) is 3.11. The summed E-state index contributed by atoms with van der Waals surface area (Å²) in [6, 6.07) is 0. The van der Waals surface area contributed by atoms with Gasteiger partial charge in [0.05, 0.1) is 0 Å². The smallest absolute Gasteiger partial charge is 0.191 e. The summed E-state index contributed by atoms with van der Waals surface area (Å²) >= 11 is 2.00. The van der Waals surface area contributed by atoms with Gasteiger partial charge in [0, 0.05) is 31.1 Å². The third-order valence-corrected chi connectivity index (χ3v) is 4.33. The molecule has 0 aromatic heterocycles. The van der Waals surface area contributed by atoms with Crippen LogP contribution in [0.3, 0.4) is 0 Å². The van der Waals surface area contributed by atoms with Crippen LogP contribution in [-0.4, -0.2) is 66.5 Å². The molecule has 0 atom stereocenters. The molecule has 0 unspecified atom stereocenters. The molecule has 4 nitrogen and oxygen atoms in total. The number of nitrogens with two attached hydrogens (primary N) is 1. The molecule has 0 aromatic carbocycles. The fraction of sp³-hybridized carbons (Fsp3) is 0.923. The Bertz CT molecular complexity index is 241. The van der Waals surface area contributed by atoms with Crippen LogP contribution in [-0.2, 0) is 0 Å². The molecule has 0 amide bonds. The largest absolute Gasteiger partial charge is 0.370 e. The van der Waals surface area contributed by atoms with E-state index >= 15 is 0 Å². The lowest BCUT2D eigenvalue weighted by atomic mass is 10.3. The lowest BCUT2D eigenvalue weighted by Crippen LogP contribution is -2.42. The quantitative estimate of drug-likeness (QED) is 0.308. The van der Waals surface area contributed by atoms with Gasteiger partial charge in [-0.25, -0.2) is 0 Å². The van der Waals surface area contributed by atoms with E-state index in [4.69, 9.17) is 5.73 Å². The number of guanidine groups is 1. The highest BCUT2D eigenvalue weighted by Gasteiger charge is 2.11. The van der Waals surface area contributed by atoms with Gasteiger partial charge in [-0.05, 0) is 32.5 Å². The minimum Gasteiger partial charge on any atom is -0.370 e. The number of halogens is 1. The first-order valence-corrected chi connectivity index (χ1v) is 8.28. The van der Waals surface area contributed by atoms with Crippen LogP contribution >= 0.6 is 35.7 Å². The number of unbranched alkanes of at least 4 members (excludes halogenated alkanes) is 1. The Morgan fingerprint density at radius 3 is 2.42 bits per heavy atom. The van der Waals surface area contributed by atoms with Crippen LogP contribution < -0.4 is 5.73 Å². The Labute approximate surface area is 139 Å². The van der Waals surface area contributed by atoms with Crippen molar-refractivity contribution in [3.63, 3.8) is 0 Å². The molecule has 0 aromatic rings. The molecule has 1 fully saturated rings. The first kappa shape index (κ1) is 19.3. The standard InChI is InChI=1S/C13H28N4S.HI/c1-3-16(4-2)8-6-5-7-15-13(14)17-9-11-18-12-10-17;/h3-12H2,1-2H3,(H2,14,15);1H. The molecule has 114 valence electrons. The van der Waals surface area contributed by atoms with Crippen molar-refractivity contribution in [3.05, 3.63) is 0 Å². The fourth-order valence-corrected chi connectivity index (χ4v) is 2.98. The molecule has 0 bridgehead atoms. The van der Waals surface area contributed by atoms with Crippen LogP contribution in [0, 0.1) is 0 Å². The number of hydrogen-bond donors (Lipinski definition) is 1. The second-order valence-electron chi connectivity index (χ2n) is 4.57. The third-order valence-electron chi connectivity index (χ3n) is 3.39. The highest BCUT2D eigenvalue weighted by molar-refractivity contribution is 14.0. The van der Waals surface area contributed by atoms with E-state index in [-0.39, 0.29) is 24.0 Å². The lowest BCUT2D eigenvalue weighted by Gasteiger charge is -2.27. The van der Waals surface area contributed by atoms with Crippen molar-refractivity contribution in [2.45, 2.75) is 26.7 Å². The normalized spacial score (nSPS) is 16.6. The SMILES string of the molecule is CCN(CC)CCCCN=C(N)N1CCSCC1.I. The number of hydrogen-bond acceptors (Lipinski definition) is 3. The zero-order valence-electron chi connectivity index (χ0n) is 12.3. The molecule has 0 radical (unpaired) electrons. The van der Waals surface area contributed by atoms with Crippen molar-refractivity contribution < 1.29 is 0 Å². The maximum absolute atomic E-state index is 6.00. The number of rotatable bonds is 7. The number of nitrogens with zero attached hydrogens (tertiary/aromatic N) is 3. The van der Waals surface area contributed by atoms with Gasteiger partial charge < -0.3 is 15.5 Å². The molecule has 19 heavy (non-hydrogen) atoms. The lowest BCUT2D eigenvalue weighted by molar-refractivity contribution is 0.297. The summed E-state index contributed by atoms with van der Waals surface area (Å²) in [4.78, 5) is 9.15. The molecule has 0 spiro atoms. The molecule has 1 heterocycles. The molecule has 6 heteroatoms. The molecular weight excluding hydrogens is 371 g/mol. The predicted molar refractivity (Wildman–Crippen MR) is 97.8 cm³/mol. The van der Waals surface area contributed by atoms with Gasteiger partial charge in [0.15, 0.2) is 5.96 Å². The zero-order chi connectivity index (χ0) is 13.2. The zero-order valence-corrected chi connectivity index (χ0v) is 15.5. The average molecular weight is 400 g/mol. The molecule has 1 aliphatic heterocycles. The molecule has 0 aliphatic carbocycles. The Hall–Kier alpha value is 0.310. The Morgan fingerprint density at radius 1 is 1.21 bits per heavy atom. The first-order valence-electron chi connectivity index (χ1n) is 7.12. The summed E-state index contributed by atoms with van der Waals surface area (Å²) in [6.07, 6.45) is 2.36. The Morgan fingerprint density at radius 2 is 1.84 bits per heavy atom. The summed E-state index contributed by atoms with van der Waals surface area (Å²) in [5, 5.41) is 0. The van der Waals surface area contributed by atoms with Crippen LogP contribution in [0.15, 0.2) is 4.99 Å². The molecule has 0 saturated carbocycles. The van der Waals surface area contributed by atoms with Crippen molar-refractivity contribution in [1.29, 1.82) is 0 Å². The monoisotopic (exact) mass is 400 g/mol. The minimum absolute atomic E-state index is 0. The van der Waals surface area contributed by atoms with Gasteiger partial charge in [0.1, 0.15) is 0 Å². The van der Waals surface area contributed by atoms with E-state index in [2.05, 4.69) is 28.6 Å². The fourth-order valence-electron chi connectivity index (χ4n) is 2.07. The van der Waals surface area contributed by atoms with E-state index in [1.807, 2.05) is 11.8 Å². The van der Waals surface area contributed by atoms with Crippen LogP contribution in [0.2, 0.25) is 0 Å². The van der Waals surface area contributed by atoms with E-state index in [9.17, 15) is 0 Å². The second-order valence-corrected chi connectivity index (χ2v) is 5.80. The Kier molecular flexibility index (Phi) is 12.3. The van der Waals surface area contributed by atoms with Gasteiger partial charge in [0.2, 0.25) is 0 Å². The van der Waals surface area contributed by atoms with Crippen LogP contribution in [0.4, 0.5) is 0 Å². The van der Waals surface area contributed by atoms with Crippen LogP contribution in [0.1, 0.15) is 26.7 Å². The molecule has 1 rings (SSSR count). The van der Waals surface area contributed by atoms with Crippen molar-refractivity contribution in [1.82, 2.24) is 9.80 Å². The minimum atomic E-state index is 0. The van der Waals surface area contributed by atoms with E-state index in [1.54, 1.807) is 0 Å². The van der Waals surface area contributed by atoms with Crippen molar-refractivity contribution in [2.75, 3.05) is 50.8 Å². The van der Waals surface area contributed by atoms with E-state index in [0.717, 1.165) is 45.1 Å². The maximum atomic E-state index is 6.00. The van der Waals surface area contributed by atoms with Gasteiger partial charge in [-0.1, -0.05) is 13.8 Å². The molecule has 1 aliphatic rings. The van der Waals surface area contributed by atoms with Crippen molar-refractivity contribution in [2.24, 2.45) is 10.7 Å². The van der Waals surface area contributed by atoms with E-state index < -0.39 is 0 Å². The summed E-state index contributed by atoms with van der Waals surface area (Å²) in [6.45, 7) is 10.9. The number of aliphatic imine (C=N–C) groups is 1. The van der Waals surface area contributed by atoms with Gasteiger partial charge >= 0.3 is 0 Å². The topological polar surface area (TPSA) is 44.9 Å². The molecular formula is C13H29IN4S. The highest BCUT2D eigenvalue weighted by atomic mass is 127. The van der Waals surface area contributed by atoms with E-state index in [1.165, 1.54) is 24.5 Å². The highest BCUT2D eigenvalue weighted by Crippen LogP contribution is 2.08. The van der Waals surface area contributed by atoms with Crippen molar-refractivity contribution >= 4 is 41.7 Å². The average Bonchev–Trinajstić information content (AvgIpc) is 2.43. The molecule has 2 N–H and O–H groups in total. The van der Waals surface area contributed by atoms with Crippen LogP contribution in [0.25, 0.3) is 0 Å². The summed E-state index contributed by atoms with van der Waals surface area (Å²) in [5.41, 5.74) is 6.00. The molecule has 1 saturated heterocycles. The second kappa shape index (κ2) is 12.1. The maximum Gasteiger partial charge on any atom is 0.191 e. The van der Waals surface area contributed by atoms with Crippen molar-refractivity contribution in [3.8, 4) is 0 Å². The van der Waals surface area contributed by atoms with Crippen LogP contribution in [0.5, 0.6) is 0 Å². The third kappa shape index (κ3) is 8.24. The van der Waals surface area contributed by atoms with Gasteiger partial charge in [-0.2, -0.15) is 11.8 Å². The summed E-state index contributed by atoms with van der Waals surface area (Å²) < 4.78 is 0. The predicted octanol–water partition coefficient (Wildman–Crippen LogP) is 2.09. The van der Waals surface area contributed by atoms with E-state index in [0.29, 0.717) is 0 Å². The van der Waals surface area contributed by atoms with Gasteiger partial charge in [-0.3, -0.25) is 4.99 Å². The van der Waals surface area contributed by atoms with Gasteiger partial charge in [-0.15, -0.1) is 24.0 Å². The van der Waals surface area contributed by atoms with Gasteiger partial charge in [0.25, 0.3) is 0 Å². The summed E-state index contributed by atoms with van der Waals surface area (Å²) in [7, 11) is 0.